The van der Waals surface area contributed by atoms with Crippen LogP contribution in [0.15, 0.2) is 0 Å². The molecule has 0 unspecified atom stereocenters. The molecule has 5 heteroatoms. The Bertz CT molecular complexity index is 191. The Morgan fingerprint density at radius 2 is 1.05 bits per heavy atom. The second-order valence-corrected chi connectivity index (χ2v) is 9.07. The Hall–Kier alpha value is 0.0569. The fourth-order valence-corrected chi connectivity index (χ4v) is 4.20. The standard InChI is InChI=1S/C14H33NO3Si/c1-12(2)9-16-19(8-7-15,17-10-13(3)4)18-11-14(5)6/h12-14H,7-11,15H2,1-6H3. The molecule has 0 aromatic rings. The van der Waals surface area contributed by atoms with Crippen molar-refractivity contribution in [2.45, 2.75) is 47.6 Å². The van der Waals surface area contributed by atoms with Gasteiger partial charge in [0.05, 0.1) is 0 Å². The minimum atomic E-state index is -2.61. The molecule has 0 aliphatic heterocycles. The highest BCUT2D eigenvalue weighted by Gasteiger charge is 2.41. The van der Waals surface area contributed by atoms with Crippen LogP contribution in [0.5, 0.6) is 0 Å². The smallest absolute Gasteiger partial charge is 0.373 e. The van der Waals surface area contributed by atoms with Crippen molar-refractivity contribution in [3.8, 4) is 0 Å². The van der Waals surface area contributed by atoms with E-state index in [0.29, 0.717) is 50.2 Å². The van der Waals surface area contributed by atoms with Gasteiger partial charge in [-0.05, 0) is 24.3 Å². The molecule has 0 saturated heterocycles. The van der Waals surface area contributed by atoms with Gasteiger partial charge in [-0.2, -0.15) is 0 Å². The lowest BCUT2D eigenvalue weighted by atomic mass is 10.2. The maximum Gasteiger partial charge on any atom is 0.502 e. The van der Waals surface area contributed by atoms with Crippen molar-refractivity contribution in [1.82, 2.24) is 0 Å². The zero-order valence-electron chi connectivity index (χ0n) is 13.6. The highest BCUT2D eigenvalue weighted by atomic mass is 28.4. The number of hydrogen-bond donors (Lipinski definition) is 1. The molecule has 0 spiro atoms. The summed E-state index contributed by atoms with van der Waals surface area (Å²) in [6.07, 6.45) is 0. The summed E-state index contributed by atoms with van der Waals surface area (Å²) < 4.78 is 18.1. The van der Waals surface area contributed by atoms with Crippen molar-refractivity contribution < 1.29 is 13.3 Å². The third kappa shape index (κ3) is 9.57. The highest BCUT2D eigenvalue weighted by Crippen LogP contribution is 2.19. The van der Waals surface area contributed by atoms with Crippen LogP contribution in [0.2, 0.25) is 6.04 Å². The zero-order chi connectivity index (χ0) is 14.9. The van der Waals surface area contributed by atoms with Crippen molar-refractivity contribution in [2.75, 3.05) is 26.4 Å². The monoisotopic (exact) mass is 291 g/mol. The molecule has 19 heavy (non-hydrogen) atoms. The summed E-state index contributed by atoms with van der Waals surface area (Å²) in [5.74, 6) is 1.40. The third-order valence-electron chi connectivity index (χ3n) is 2.36. The van der Waals surface area contributed by atoms with Crippen molar-refractivity contribution in [3.05, 3.63) is 0 Å². The Labute approximate surface area is 120 Å². The first-order valence-electron chi connectivity index (χ1n) is 7.43. The van der Waals surface area contributed by atoms with Crippen LogP contribution >= 0.6 is 0 Å². The predicted octanol–water partition coefficient (Wildman–Crippen LogP) is 2.90. The van der Waals surface area contributed by atoms with Crippen LogP contribution in [0.4, 0.5) is 0 Å². The van der Waals surface area contributed by atoms with Crippen LogP contribution in [-0.4, -0.2) is 35.2 Å². The molecule has 0 radical (unpaired) electrons. The molecule has 4 nitrogen and oxygen atoms in total. The lowest BCUT2D eigenvalue weighted by Crippen LogP contribution is -2.49. The molecular formula is C14H33NO3Si. The summed E-state index contributed by atoms with van der Waals surface area (Å²) in [5, 5.41) is 0. The van der Waals surface area contributed by atoms with E-state index in [9.17, 15) is 0 Å². The fraction of sp³-hybridized carbons (Fsp3) is 1.00. The molecule has 0 rings (SSSR count). The van der Waals surface area contributed by atoms with Gasteiger partial charge >= 0.3 is 8.80 Å². The minimum absolute atomic E-state index is 0.468. The molecule has 0 saturated carbocycles. The fourth-order valence-electron chi connectivity index (χ4n) is 1.40. The second kappa shape index (κ2) is 9.88. The molecule has 0 atom stereocenters. The number of nitrogens with two attached hydrogens (primary N) is 1. The lowest BCUT2D eigenvalue weighted by molar-refractivity contribution is 0.0373. The van der Waals surface area contributed by atoms with Gasteiger partial charge in [-0.15, -0.1) is 0 Å². The Morgan fingerprint density at radius 3 is 1.26 bits per heavy atom. The van der Waals surface area contributed by atoms with E-state index in [0.717, 1.165) is 0 Å². The molecule has 0 bridgehead atoms. The van der Waals surface area contributed by atoms with Gasteiger partial charge in [-0.25, -0.2) is 0 Å². The van der Waals surface area contributed by atoms with E-state index in [-0.39, 0.29) is 0 Å². The van der Waals surface area contributed by atoms with E-state index in [1.165, 1.54) is 0 Å². The van der Waals surface area contributed by atoms with Crippen molar-refractivity contribution >= 4 is 8.80 Å². The largest absolute Gasteiger partial charge is 0.502 e. The van der Waals surface area contributed by atoms with Crippen molar-refractivity contribution in [1.29, 1.82) is 0 Å². The van der Waals surface area contributed by atoms with Gasteiger partial charge in [0.1, 0.15) is 0 Å². The maximum absolute atomic E-state index is 6.05. The SMILES string of the molecule is CC(C)CO[Si](CCN)(OCC(C)C)OCC(C)C. The topological polar surface area (TPSA) is 53.7 Å². The maximum atomic E-state index is 6.05. The van der Waals surface area contributed by atoms with Crippen molar-refractivity contribution in [3.63, 3.8) is 0 Å². The molecular weight excluding hydrogens is 258 g/mol. The Morgan fingerprint density at radius 1 is 0.737 bits per heavy atom. The predicted molar refractivity (Wildman–Crippen MR) is 82.0 cm³/mol. The summed E-state index contributed by atoms with van der Waals surface area (Å²) >= 11 is 0. The van der Waals surface area contributed by atoms with Gasteiger partial charge < -0.3 is 19.0 Å². The van der Waals surface area contributed by atoms with E-state index in [1.54, 1.807) is 0 Å². The van der Waals surface area contributed by atoms with Crippen molar-refractivity contribution in [2.24, 2.45) is 23.5 Å². The van der Waals surface area contributed by atoms with Crippen LogP contribution in [0.3, 0.4) is 0 Å². The second-order valence-electron chi connectivity index (χ2n) is 6.34. The average molecular weight is 292 g/mol. The molecule has 0 heterocycles. The van der Waals surface area contributed by atoms with Gasteiger partial charge in [-0.3, -0.25) is 0 Å². The summed E-state index contributed by atoms with van der Waals surface area (Å²) in [6.45, 7) is 15.3. The van der Waals surface area contributed by atoms with Gasteiger partial charge in [-0.1, -0.05) is 41.5 Å². The molecule has 0 aromatic carbocycles. The number of rotatable bonds is 11. The summed E-state index contributed by atoms with van der Waals surface area (Å²) in [5.41, 5.74) is 5.73. The number of hydrogen-bond acceptors (Lipinski definition) is 4. The third-order valence-corrected chi connectivity index (χ3v) is 5.08. The van der Waals surface area contributed by atoms with Crippen LogP contribution < -0.4 is 5.73 Å². The highest BCUT2D eigenvalue weighted by molar-refractivity contribution is 6.60. The summed E-state index contributed by atoms with van der Waals surface area (Å²) in [4.78, 5) is 0. The van der Waals surface area contributed by atoms with Gasteiger partial charge in [0, 0.05) is 25.9 Å². The van der Waals surface area contributed by atoms with Crippen LogP contribution in [-0.2, 0) is 13.3 Å². The van der Waals surface area contributed by atoms with E-state index in [2.05, 4.69) is 41.5 Å². The molecule has 2 N–H and O–H groups in total. The quantitative estimate of drug-likeness (QED) is 0.595. The van der Waals surface area contributed by atoms with E-state index < -0.39 is 8.80 Å². The molecule has 0 aliphatic rings. The summed E-state index contributed by atoms with van der Waals surface area (Å²) in [6, 6.07) is 0.694. The molecule has 116 valence electrons. The first-order valence-corrected chi connectivity index (χ1v) is 9.36. The Kier molecular flexibility index (Phi) is 9.91. The minimum Gasteiger partial charge on any atom is -0.373 e. The molecule has 0 aromatic heterocycles. The van der Waals surface area contributed by atoms with Crippen LogP contribution in [0.25, 0.3) is 0 Å². The summed E-state index contributed by atoms with van der Waals surface area (Å²) in [7, 11) is -2.61. The Balaban J connectivity index is 4.65. The lowest BCUT2D eigenvalue weighted by Gasteiger charge is -2.31. The van der Waals surface area contributed by atoms with Gasteiger partial charge in [0.25, 0.3) is 0 Å². The van der Waals surface area contributed by atoms with E-state index in [1.807, 2.05) is 0 Å². The molecule has 0 aliphatic carbocycles. The average Bonchev–Trinajstić information content (AvgIpc) is 2.31. The normalized spacial score (nSPS) is 12.9. The first-order chi connectivity index (χ1) is 8.81. The van der Waals surface area contributed by atoms with Gasteiger partial charge in [0.15, 0.2) is 0 Å². The van der Waals surface area contributed by atoms with Crippen LogP contribution in [0, 0.1) is 17.8 Å². The molecule has 0 amide bonds. The van der Waals surface area contributed by atoms with E-state index in [4.69, 9.17) is 19.0 Å². The first kappa shape index (κ1) is 19.1. The van der Waals surface area contributed by atoms with Crippen LogP contribution in [0.1, 0.15) is 41.5 Å². The van der Waals surface area contributed by atoms with E-state index >= 15 is 0 Å². The molecule has 0 fully saturated rings. The zero-order valence-corrected chi connectivity index (χ0v) is 14.6. The van der Waals surface area contributed by atoms with Gasteiger partial charge in [0.2, 0.25) is 0 Å².